The molecular weight excluding hydrogens is 500 g/mol. The number of Topliss-reactive ketones (excluding diaryl/α,β-unsaturated/α-hetero) is 1. The van der Waals surface area contributed by atoms with E-state index in [2.05, 4.69) is 4.98 Å². The van der Waals surface area contributed by atoms with E-state index < -0.39 is 29.0 Å². The lowest BCUT2D eigenvalue weighted by atomic mass is 9.82. The smallest absolute Gasteiger partial charge is 0.355 e. The van der Waals surface area contributed by atoms with Crippen LogP contribution in [0, 0.1) is 0 Å². The number of carbonyl (C=O) groups is 2. The maximum atomic E-state index is 13.8. The first-order valence-corrected chi connectivity index (χ1v) is 12.4. The number of ketones is 1. The predicted molar refractivity (Wildman–Crippen MR) is 142 cm³/mol. The molecule has 0 spiro atoms. The summed E-state index contributed by atoms with van der Waals surface area (Å²) >= 11 is 0. The van der Waals surface area contributed by atoms with Crippen molar-refractivity contribution in [1.82, 2.24) is 18.9 Å². The summed E-state index contributed by atoms with van der Waals surface area (Å²) in [5.41, 5.74) is 1.50. The van der Waals surface area contributed by atoms with Crippen LogP contribution in [0.25, 0.3) is 16.8 Å². The number of ether oxygens (including phenoxy) is 1. The normalized spacial score (nSPS) is 16.8. The molecule has 1 unspecified atom stereocenters. The molecule has 2 aromatic heterocycles. The number of aromatic nitrogens is 4. The van der Waals surface area contributed by atoms with Crippen LogP contribution in [-0.4, -0.2) is 41.4 Å². The molecule has 39 heavy (non-hydrogen) atoms. The zero-order valence-corrected chi connectivity index (χ0v) is 21.4. The van der Waals surface area contributed by atoms with Gasteiger partial charge in [0.2, 0.25) is 0 Å². The Balaban J connectivity index is 1.53. The van der Waals surface area contributed by atoms with E-state index in [-0.39, 0.29) is 18.0 Å². The predicted octanol–water partition coefficient (Wildman–Crippen LogP) is 3.46. The SMILES string of the molecule is CC(=O)c1ccc(-n2c(=O)n3n(c2=O)C2C(=CC3)C(C)(C)Oc3cc(-c4cccnc4C(=O)O)ccc32)cc1. The molecule has 0 bridgehead atoms. The van der Waals surface area contributed by atoms with E-state index in [0.29, 0.717) is 33.7 Å². The van der Waals surface area contributed by atoms with Crippen LogP contribution in [0.2, 0.25) is 0 Å². The number of rotatable bonds is 4. The Morgan fingerprint density at radius 2 is 1.79 bits per heavy atom. The zero-order chi connectivity index (χ0) is 27.6. The standard InChI is InChI=1S/C29H24N4O6/c1-16(34)17-6-9-19(10-7-17)32-27(37)31-14-12-22-25(33(31)28(32)38)21-11-8-18(15-23(21)39-29(22,2)3)20-5-4-13-30-24(20)26(35)36/h4-13,15,25H,14H2,1-3H3,(H,35,36). The third-order valence-corrected chi connectivity index (χ3v) is 7.30. The molecule has 0 aliphatic carbocycles. The van der Waals surface area contributed by atoms with E-state index in [1.807, 2.05) is 19.9 Å². The van der Waals surface area contributed by atoms with Crippen LogP contribution in [0.3, 0.4) is 0 Å². The number of aromatic carboxylic acids is 1. The second kappa shape index (κ2) is 8.52. The summed E-state index contributed by atoms with van der Waals surface area (Å²) in [4.78, 5) is 54.8. The van der Waals surface area contributed by atoms with Crippen molar-refractivity contribution in [2.75, 3.05) is 0 Å². The van der Waals surface area contributed by atoms with E-state index in [1.165, 1.54) is 22.5 Å². The second-order valence-corrected chi connectivity index (χ2v) is 10.1. The van der Waals surface area contributed by atoms with Gasteiger partial charge in [-0.05, 0) is 68.3 Å². The Morgan fingerprint density at radius 1 is 1.05 bits per heavy atom. The molecule has 4 aromatic rings. The van der Waals surface area contributed by atoms with Crippen LogP contribution in [-0.2, 0) is 6.54 Å². The number of fused-ring (bicyclic) bond motifs is 5. The van der Waals surface area contributed by atoms with Gasteiger partial charge in [-0.25, -0.2) is 33.3 Å². The van der Waals surface area contributed by atoms with Crippen LogP contribution in [0.1, 0.15) is 53.2 Å². The third-order valence-electron chi connectivity index (χ3n) is 7.30. The van der Waals surface area contributed by atoms with Gasteiger partial charge in [0, 0.05) is 22.9 Å². The highest BCUT2D eigenvalue weighted by atomic mass is 16.5. The largest absolute Gasteiger partial charge is 0.483 e. The molecule has 0 amide bonds. The number of carbonyl (C=O) groups excluding carboxylic acids is 1. The Morgan fingerprint density at radius 3 is 2.49 bits per heavy atom. The quantitative estimate of drug-likeness (QED) is 0.320. The lowest BCUT2D eigenvalue weighted by molar-refractivity contribution is 0.0691. The molecule has 0 saturated heterocycles. The topological polar surface area (TPSA) is 125 Å². The number of benzene rings is 2. The fourth-order valence-electron chi connectivity index (χ4n) is 5.44. The van der Waals surface area contributed by atoms with E-state index in [1.54, 1.807) is 54.6 Å². The maximum Gasteiger partial charge on any atom is 0.355 e. The van der Waals surface area contributed by atoms with Crippen LogP contribution in [0.5, 0.6) is 5.75 Å². The molecule has 10 heteroatoms. The number of allylic oxidation sites excluding steroid dienone is 1. The van der Waals surface area contributed by atoms with Crippen molar-refractivity contribution in [3.63, 3.8) is 0 Å². The highest BCUT2D eigenvalue weighted by Gasteiger charge is 2.44. The van der Waals surface area contributed by atoms with Gasteiger partial charge in [-0.15, -0.1) is 0 Å². The van der Waals surface area contributed by atoms with Gasteiger partial charge in [0.05, 0.1) is 12.2 Å². The summed E-state index contributed by atoms with van der Waals surface area (Å²) in [6, 6.07) is 14.4. The first kappa shape index (κ1) is 24.4. The van der Waals surface area contributed by atoms with Crippen molar-refractivity contribution >= 4 is 11.8 Å². The summed E-state index contributed by atoms with van der Waals surface area (Å²) in [6.45, 7) is 5.43. The lowest BCUT2D eigenvalue weighted by Crippen LogP contribution is -2.46. The maximum absolute atomic E-state index is 13.8. The van der Waals surface area contributed by atoms with Crippen molar-refractivity contribution in [3.8, 4) is 22.6 Å². The second-order valence-electron chi connectivity index (χ2n) is 10.1. The average Bonchev–Trinajstić information content (AvgIpc) is 3.17. The van der Waals surface area contributed by atoms with Gasteiger partial charge >= 0.3 is 17.3 Å². The Hall–Kier alpha value is -4.99. The first-order chi connectivity index (χ1) is 18.6. The summed E-state index contributed by atoms with van der Waals surface area (Å²) < 4.78 is 10.3. The zero-order valence-electron chi connectivity index (χ0n) is 21.4. The van der Waals surface area contributed by atoms with Crippen LogP contribution < -0.4 is 16.1 Å². The number of hydrogen-bond acceptors (Lipinski definition) is 6. The molecule has 1 N–H and O–H groups in total. The van der Waals surface area contributed by atoms with Gasteiger partial charge in [-0.3, -0.25) is 4.79 Å². The third kappa shape index (κ3) is 3.67. The Bertz CT molecular complexity index is 1840. The molecule has 196 valence electrons. The Kier molecular flexibility index (Phi) is 5.32. The molecule has 4 heterocycles. The van der Waals surface area contributed by atoms with E-state index in [4.69, 9.17) is 4.74 Å². The molecule has 2 aliphatic rings. The van der Waals surface area contributed by atoms with Gasteiger partial charge in [0.1, 0.15) is 17.4 Å². The number of nitrogens with zero attached hydrogens (tertiary/aromatic N) is 4. The van der Waals surface area contributed by atoms with Gasteiger partial charge < -0.3 is 9.84 Å². The molecular formula is C29H24N4O6. The monoisotopic (exact) mass is 524 g/mol. The number of pyridine rings is 1. The fourth-order valence-corrected chi connectivity index (χ4v) is 5.44. The number of hydrogen-bond donors (Lipinski definition) is 1. The van der Waals surface area contributed by atoms with Crippen molar-refractivity contribution in [3.05, 3.63) is 110 Å². The highest BCUT2D eigenvalue weighted by Crippen LogP contribution is 2.47. The summed E-state index contributed by atoms with van der Waals surface area (Å²) in [7, 11) is 0. The molecule has 6 rings (SSSR count). The molecule has 2 aromatic carbocycles. The van der Waals surface area contributed by atoms with Gasteiger partial charge in [0.25, 0.3) is 0 Å². The number of carboxylic acid groups (broad SMARTS) is 1. The first-order valence-electron chi connectivity index (χ1n) is 12.4. The minimum atomic E-state index is -1.14. The lowest BCUT2D eigenvalue weighted by Gasteiger charge is -2.42. The van der Waals surface area contributed by atoms with Crippen molar-refractivity contribution in [1.29, 1.82) is 0 Å². The summed E-state index contributed by atoms with van der Waals surface area (Å²) in [5, 5.41) is 9.62. The Labute approximate surface area is 222 Å². The van der Waals surface area contributed by atoms with Crippen LogP contribution >= 0.6 is 0 Å². The molecule has 1 atom stereocenters. The molecule has 2 aliphatic heterocycles. The molecule has 0 saturated carbocycles. The average molecular weight is 525 g/mol. The number of carboxylic acids is 1. The molecule has 0 fully saturated rings. The van der Waals surface area contributed by atoms with Gasteiger partial charge in [-0.1, -0.05) is 24.3 Å². The molecule has 0 radical (unpaired) electrons. The van der Waals surface area contributed by atoms with Crippen molar-refractivity contribution < 1.29 is 19.4 Å². The van der Waals surface area contributed by atoms with Crippen LogP contribution in [0.4, 0.5) is 0 Å². The summed E-state index contributed by atoms with van der Waals surface area (Å²) in [5.74, 6) is -0.778. The van der Waals surface area contributed by atoms with E-state index >= 15 is 0 Å². The van der Waals surface area contributed by atoms with Crippen molar-refractivity contribution in [2.24, 2.45) is 0 Å². The minimum Gasteiger partial charge on any atom is -0.483 e. The molecule has 10 nitrogen and oxygen atoms in total. The van der Waals surface area contributed by atoms with Crippen LogP contribution in [0.15, 0.2) is 82.0 Å². The summed E-state index contributed by atoms with van der Waals surface area (Å²) in [6.07, 6.45) is 3.34. The van der Waals surface area contributed by atoms with Gasteiger partial charge in [-0.2, -0.15) is 0 Å². The van der Waals surface area contributed by atoms with E-state index in [0.717, 1.165) is 10.1 Å². The van der Waals surface area contributed by atoms with E-state index in [9.17, 15) is 24.3 Å². The fraction of sp³-hybridized carbons (Fsp3) is 0.207. The highest BCUT2D eigenvalue weighted by molar-refractivity contribution is 5.94. The van der Waals surface area contributed by atoms with Gasteiger partial charge in [0.15, 0.2) is 11.5 Å². The minimum absolute atomic E-state index is 0.0799. The van der Waals surface area contributed by atoms with Crippen molar-refractivity contribution in [2.45, 2.75) is 39.0 Å².